The van der Waals surface area contributed by atoms with Gasteiger partial charge in [0, 0.05) is 17.1 Å². The van der Waals surface area contributed by atoms with Crippen molar-refractivity contribution in [3.8, 4) is 22.5 Å². The summed E-state index contributed by atoms with van der Waals surface area (Å²) in [5.74, 6) is 0.871. The van der Waals surface area contributed by atoms with E-state index in [1.165, 1.54) is 0 Å². The zero-order valence-corrected chi connectivity index (χ0v) is 12.0. The van der Waals surface area contributed by atoms with Gasteiger partial charge in [-0.05, 0) is 23.3 Å². The van der Waals surface area contributed by atoms with Crippen LogP contribution in [0.25, 0.3) is 22.5 Å². The van der Waals surface area contributed by atoms with E-state index in [4.69, 9.17) is 0 Å². The zero-order valence-electron chi connectivity index (χ0n) is 10.4. The largest absolute Gasteiger partial charge is 0.317 e. The number of halogens is 1. The molecule has 0 fully saturated rings. The zero-order chi connectivity index (χ0) is 13.2. The Bertz CT molecular complexity index is 719. The third-order valence-corrected chi connectivity index (χ3v) is 3.51. The molecule has 19 heavy (non-hydrogen) atoms. The Morgan fingerprint density at radius 2 is 1.79 bits per heavy atom. The van der Waals surface area contributed by atoms with Crippen molar-refractivity contribution in [2.75, 3.05) is 0 Å². The smallest absolute Gasteiger partial charge is 0.164 e. The minimum absolute atomic E-state index is 0.871. The predicted octanol–water partition coefficient (Wildman–Crippen LogP) is 3.91. The second kappa shape index (κ2) is 4.97. The van der Waals surface area contributed by atoms with Crippen LogP contribution < -0.4 is 0 Å². The van der Waals surface area contributed by atoms with Gasteiger partial charge in [-0.1, -0.05) is 52.3 Å². The molecule has 0 radical (unpaired) electrons. The van der Waals surface area contributed by atoms with Crippen molar-refractivity contribution in [2.45, 2.75) is 0 Å². The Balaban J connectivity index is 2.21. The first-order valence-electron chi connectivity index (χ1n) is 5.95. The highest BCUT2D eigenvalue weighted by atomic mass is 79.9. The summed E-state index contributed by atoms with van der Waals surface area (Å²) in [4.78, 5) is 0. The van der Waals surface area contributed by atoms with Gasteiger partial charge in [0.25, 0.3) is 0 Å². The van der Waals surface area contributed by atoms with Gasteiger partial charge in [0.15, 0.2) is 5.82 Å². The molecule has 3 aromatic rings. The lowest BCUT2D eigenvalue weighted by atomic mass is 9.99. The standard InChI is InChI=1S/C15H12BrN3/c1-19-10-17-18-15(19)14-8-3-2-7-13(14)11-5-4-6-12(16)9-11/h2-10H,1H3. The highest BCUT2D eigenvalue weighted by Gasteiger charge is 2.11. The van der Waals surface area contributed by atoms with Crippen LogP contribution in [0.3, 0.4) is 0 Å². The van der Waals surface area contributed by atoms with Crippen LogP contribution in [0.2, 0.25) is 0 Å². The lowest BCUT2D eigenvalue weighted by molar-refractivity contribution is 0.920. The van der Waals surface area contributed by atoms with E-state index < -0.39 is 0 Å². The molecule has 0 N–H and O–H groups in total. The summed E-state index contributed by atoms with van der Waals surface area (Å²) in [6, 6.07) is 16.5. The number of nitrogens with zero attached hydrogens (tertiary/aromatic N) is 3. The fraction of sp³-hybridized carbons (Fsp3) is 0.0667. The number of rotatable bonds is 2. The molecule has 0 aliphatic rings. The normalized spacial score (nSPS) is 10.6. The number of aryl methyl sites for hydroxylation is 1. The van der Waals surface area contributed by atoms with Gasteiger partial charge >= 0.3 is 0 Å². The second-order valence-electron chi connectivity index (χ2n) is 4.32. The predicted molar refractivity (Wildman–Crippen MR) is 79.6 cm³/mol. The van der Waals surface area contributed by atoms with Gasteiger partial charge in [0.1, 0.15) is 6.33 Å². The van der Waals surface area contributed by atoms with Gasteiger partial charge in [-0.2, -0.15) is 0 Å². The third-order valence-electron chi connectivity index (χ3n) is 3.01. The molecule has 1 aromatic heterocycles. The lowest BCUT2D eigenvalue weighted by Gasteiger charge is -2.09. The summed E-state index contributed by atoms with van der Waals surface area (Å²) in [7, 11) is 1.95. The molecule has 3 nitrogen and oxygen atoms in total. The van der Waals surface area contributed by atoms with E-state index in [2.05, 4.69) is 50.4 Å². The van der Waals surface area contributed by atoms with Crippen LogP contribution in [0, 0.1) is 0 Å². The molecule has 0 aliphatic carbocycles. The van der Waals surface area contributed by atoms with Crippen molar-refractivity contribution in [3.05, 3.63) is 59.3 Å². The molecule has 0 atom stereocenters. The molecule has 3 rings (SSSR count). The average Bonchev–Trinajstić information content (AvgIpc) is 2.85. The van der Waals surface area contributed by atoms with E-state index in [1.54, 1.807) is 6.33 Å². The second-order valence-corrected chi connectivity index (χ2v) is 5.24. The van der Waals surface area contributed by atoms with Crippen LogP contribution in [0.1, 0.15) is 0 Å². The molecular formula is C15H12BrN3. The van der Waals surface area contributed by atoms with Crippen LogP contribution in [0.4, 0.5) is 0 Å². The molecule has 0 aliphatic heterocycles. The molecule has 94 valence electrons. The van der Waals surface area contributed by atoms with Crippen molar-refractivity contribution in [3.63, 3.8) is 0 Å². The molecule has 0 saturated heterocycles. The Hall–Kier alpha value is -1.94. The molecule has 0 unspecified atom stereocenters. The van der Waals surface area contributed by atoms with Crippen LogP contribution in [0.5, 0.6) is 0 Å². The number of hydrogen-bond acceptors (Lipinski definition) is 2. The first-order valence-corrected chi connectivity index (χ1v) is 6.74. The van der Waals surface area contributed by atoms with E-state index in [9.17, 15) is 0 Å². The summed E-state index contributed by atoms with van der Waals surface area (Å²) in [5, 5.41) is 8.15. The Morgan fingerprint density at radius 3 is 2.47 bits per heavy atom. The first-order chi connectivity index (χ1) is 9.25. The summed E-state index contributed by atoms with van der Waals surface area (Å²) in [6.07, 6.45) is 1.72. The molecule has 4 heteroatoms. The van der Waals surface area contributed by atoms with Crippen LogP contribution in [-0.4, -0.2) is 14.8 Å². The Kier molecular flexibility index (Phi) is 3.17. The van der Waals surface area contributed by atoms with E-state index >= 15 is 0 Å². The average molecular weight is 314 g/mol. The highest BCUT2D eigenvalue weighted by Crippen LogP contribution is 2.31. The maximum atomic E-state index is 4.20. The molecule has 1 heterocycles. The summed E-state index contributed by atoms with van der Waals surface area (Å²) in [6.45, 7) is 0. The van der Waals surface area contributed by atoms with Crippen LogP contribution in [0.15, 0.2) is 59.3 Å². The van der Waals surface area contributed by atoms with Gasteiger partial charge < -0.3 is 4.57 Å². The summed E-state index contributed by atoms with van der Waals surface area (Å²) >= 11 is 3.51. The van der Waals surface area contributed by atoms with E-state index in [-0.39, 0.29) is 0 Å². The Labute approximate surface area is 120 Å². The fourth-order valence-electron chi connectivity index (χ4n) is 2.11. The number of benzene rings is 2. The third kappa shape index (κ3) is 2.31. The topological polar surface area (TPSA) is 30.7 Å². The van der Waals surface area contributed by atoms with Crippen molar-refractivity contribution in [2.24, 2.45) is 7.05 Å². The van der Waals surface area contributed by atoms with E-state index in [1.807, 2.05) is 35.9 Å². The minimum atomic E-state index is 0.871. The minimum Gasteiger partial charge on any atom is -0.317 e. The highest BCUT2D eigenvalue weighted by molar-refractivity contribution is 9.10. The molecule has 0 saturated carbocycles. The molecule has 0 spiro atoms. The monoisotopic (exact) mass is 313 g/mol. The SMILES string of the molecule is Cn1cnnc1-c1ccccc1-c1cccc(Br)c1. The molecule has 0 bridgehead atoms. The van der Waals surface area contributed by atoms with Gasteiger partial charge in [-0.25, -0.2) is 0 Å². The van der Waals surface area contributed by atoms with Crippen molar-refractivity contribution < 1.29 is 0 Å². The van der Waals surface area contributed by atoms with Crippen molar-refractivity contribution in [1.82, 2.24) is 14.8 Å². The van der Waals surface area contributed by atoms with Gasteiger partial charge in [-0.15, -0.1) is 10.2 Å². The maximum Gasteiger partial charge on any atom is 0.164 e. The summed E-state index contributed by atoms with van der Waals surface area (Å²) < 4.78 is 2.99. The molecule has 2 aromatic carbocycles. The van der Waals surface area contributed by atoms with Gasteiger partial charge in [0.05, 0.1) is 0 Å². The Morgan fingerprint density at radius 1 is 1.00 bits per heavy atom. The van der Waals surface area contributed by atoms with E-state index in [0.29, 0.717) is 0 Å². The number of aromatic nitrogens is 3. The number of hydrogen-bond donors (Lipinski definition) is 0. The quantitative estimate of drug-likeness (QED) is 0.718. The molecule has 0 amide bonds. The van der Waals surface area contributed by atoms with Crippen LogP contribution >= 0.6 is 15.9 Å². The van der Waals surface area contributed by atoms with Gasteiger partial charge in [0.2, 0.25) is 0 Å². The van der Waals surface area contributed by atoms with Crippen molar-refractivity contribution in [1.29, 1.82) is 0 Å². The van der Waals surface area contributed by atoms with Crippen molar-refractivity contribution >= 4 is 15.9 Å². The van der Waals surface area contributed by atoms with Gasteiger partial charge in [-0.3, -0.25) is 0 Å². The maximum absolute atomic E-state index is 4.20. The van der Waals surface area contributed by atoms with Crippen LogP contribution in [-0.2, 0) is 7.05 Å². The molecular weight excluding hydrogens is 302 g/mol. The summed E-state index contributed by atoms with van der Waals surface area (Å²) in [5.41, 5.74) is 3.40. The fourth-order valence-corrected chi connectivity index (χ4v) is 2.51. The first kappa shape index (κ1) is 12.1. The lowest BCUT2D eigenvalue weighted by Crippen LogP contribution is -1.93. The van der Waals surface area contributed by atoms with E-state index in [0.717, 1.165) is 27.0 Å².